The Morgan fingerprint density at radius 3 is 2.90 bits per heavy atom. The molecule has 1 aromatic heterocycles. The highest BCUT2D eigenvalue weighted by Gasteiger charge is 2.23. The van der Waals surface area contributed by atoms with Crippen LogP contribution in [-0.4, -0.2) is 33.9 Å². The lowest BCUT2D eigenvalue weighted by Crippen LogP contribution is -2.40. The molecule has 6 nitrogen and oxygen atoms in total. The number of benzene rings is 2. The van der Waals surface area contributed by atoms with Gasteiger partial charge in [0, 0.05) is 25.0 Å². The minimum atomic E-state index is -0.356. The van der Waals surface area contributed by atoms with Crippen LogP contribution in [0.25, 0.3) is 10.9 Å². The average Bonchev–Trinajstić information content (AvgIpc) is 2.73. The number of amides is 1. The molecule has 4 rings (SSSR count). The molecular formula is C22H24FN5O. The van der Waals surface area contributed by atoms with E-state index >= 15 is 0 Å². The molecule has 1 fully saturated rings. The minimum absolute atomic E-state index is 0.0555. The number of fused-ring (bicyclic) bond motifs is 1. The number of para-hydroxylation sites is 1. The molecule has 0 radical (unpaired) electrons. The first kappa shape index (κ1) is 19.3. The van der Waals surface area contributed by atoms with Gasteiger partial charge in [0.25, 0.3) is 0 Å². The molecule has 3 aromatic rings. The minimum Gasteiger partial charge on any atom is -0.369 e. The molecule has 1 saturated heterocycles. The summed E-state index contributed by atoms with van der Waals surface area (Å²) in [5.41, 5.74) is 8.09. The highest BCUT2D eigenvalue weighted by atomic mass is 19.1. The lowest BCUT2D eigenvalue weighted by molar-refractivity contribution is -0.123. The summed E-state index contributed by atoms with van der Waals surface area (Å²) in [6.07, 6.45) is 3.24. The van der Waals surface area contributed by atoms with Crippen molar-refractivity contribution in [2.75, 3.05) is 18.4 Å². The standard InChI is InChI=1S/C22H24FN5O/c23-19-8-2-7-18-20(19)26-14-27-22(18)25-11-15-4-1-5-16(10-15)12-28-9-3-6-17(13-28)21(24)29/h1-2,4-5,7-8,10,14,17H,3,6,9,11-13H2,(H2,24,29)(H,25,26,27)/t17-/m1/s1. The van der Waals surface area contributed by atoms with Gasteiger partial charge in [0.05, 0.1) is 5.92 Å². The summed E-state index contributed by atoms with van der Waals surface area (Å²) in [6, 6.07) is 13.2. The number of nitrogens with one attached hydrogen (secondary N) is 1. The number of nitrogens with zero attached hydrogens (tertiary/aromatic N) is 3. The third-order valence-corrected chi connectivity index (χ3v) is 5.38. The summed E-state index contributed by atoms with van der Waals surface area (Å²) >= 11 is 0. The van der Waals surface area contributed by atoms with Gasteiger partial charge in [0.1, 0.15) is 23.5 Å². The molecule has 3 N–H and O–H groups in total. The number of primary amides is 1. The molecule has 0 saturated carbocycles. The zero-order valence-corrected chi connectivity index (χ0v) is 16.1. The van der Waals surface area contributed by atoms with Crippen LogP contribution in [0.5, 0.6) is 0 Å². The van der Waals surface area contributed by atoms with Crippen LogP contribution in [0.3, 0.4) is 0 Å². The van der Waals surface area contributed by atoms with Crippen molar-refractivity contribution in [1.82, 2.24) is 14.9 Å². The van der Waals surface area contributed by atoms with Gasteiger partial charge in [-0.3, -0.25) is 9.69 Å². The van der Waals surface area contributed by atoms with E-state index in [2.05, 4.69) is 32.3 Å². The normalized spacial score (nSPS) is 17.3. The van der Waals surface area contributed by atoms with Gasteiger partial charge in [0.15, 0.2) is 0 Å². The second kappa shape index (κ2) is 8.53. The smallest absolute Gasteiger partial charge is 0.221 e. The van der Waals surface area contributed by atoms with Crippen LogP contribution in [-0.2, 0) is 17.9 Å². The number of rotatable bonds is 6. The van der Waals surface area contributed by atoms with Crippen LogP contribution in [0, 0.1) is 11.7 Å². The third kappa shape index (κ3) is 4.51. The van der Waals surface area contributed by atoms with Crippen LogP contribution >= 0.6 is 0 Å². The first-order valence-electron chi connectivity index (χ1n) is 9.83. The molecular weight excluding hydrogens is 369 g/mol. The molecule has 0 unspecified atom stereocenters. The second-order valence-corrected chi connectivity index (χ2v) is 7.51. The summed E-state index contributed by atoms with van der Waals surface area (Å²) in [7, 11) is 0. The Labute approximate surface area is 168 Å². The van der Waals surface area contributed by atoms with Crippen molar-refractivity contribution in [2.45, 2.75) is 25.9 Å². The third-order valence-electron chi connectivity index (χ3n) is 5.38. The molecule has 1 atom stereocenters. The van der Waals surface area contributed by atoms with E-state index in [1.54, 1.807) is 6.07 Å². The Morgan fingerprint density at radius 1 is 1.21 bits per heavy atom. The van der Waals surface area contributed by atoms with Gasteiger partial charge in [-0.05, 0) is 42.6 Å². The van der Waals surface area contributed by atoms with Gasteiger partial charge < -0.3 is 11.1 Å². The predicted octanol–water partition coefficient (Wildman–Crippen LogP) is 3.08. The molecule has 0 aliphatic carbocycles. The number of hydrogen-bond acceptors (Lipinski definition) is 5. The van der Waals surface area contributed by atoms with Crippen LogP contribution in [0.1, 0.15) is 24.0 Å². The zero-order chi connectivity index (χ0) is 20.2. The molecule has 1 amide bonds. The van der Waals surface area contributed by atoms with Crippen molar-refractivity contribution in [3.8, 4) is 0 Å². The van der Waals surface area contributed by atoms with Crippen LogP contribution in [0.15, 0.2) is 48.8 Å². The lowest BCUT2D eigenvalue weighted by Gasteiger charge is -2.31. The van der Waals surface area contributed by atoms with E-state index in [4.69, 9.17) is 5.73 Å². The molecule has 1 aliphatic heterocycles. The molecule has 1 aliphatic rings. The van der Waals surface area contributed by atoms with Crippen molar-refractivity contribution < 1.29 is 9.18 Å². The van der Waals surface area contributed by atoms with Crippen LogP contribution in [0.2, 0.25) is 0 Å². The first-order valence-corrected chi connectivity index (χ1v) is 9.83. The topological polar surface area (TPSA) is 84.1 Å². The van der Waals surface area contributed by atoms with E-state index in [0.29, 0.717) is 23.3 Å². The van der Waals surface area contributed by atoms with E-state index < -0.39 is 0 Å². The molecule has 29 heavy (non-hydrogen) atoms. The molecule has 0 spiro atoms. The van der Waals surface area contributed by atoms with Gasteiger partial charge in [0.2, 0.25) is 5.91 Å². The Hall–Kier alpha value is -3.06. The quantitative estimate of drug-likeness (QED) is 0.672. The number of anilines is 1. The van der Waals surface area contributed by atoms with Crippen molar-refractivity contribution in [1.29, 1.82) is 0 Å². The Morgan fingerprint density at radius 2 is 2.03 bits per heavy atom. The van der Waals surface area contributed by atoms with Gasteiger partial charge in [-0.2, -0.15) is 0 Å². The van der Waals surface area contributed by atoms with E-state index in [0.717, 1.165) is 38.0 Å². The monoisotopic (exact) mass is 393 g/mol. The number of carbonyl (C=O) groups excluding carboxylic acids is 1. The molecule has 2 aromatic carbocycles. The Bertz CT molecular complexity index is 1030. The van der Waals surface area contributed by atoms with Crippen molar-refractivity contribution in [2.24, 2.45) is 11.7 Å². The van der Waals surface area contributed by atoms with E-state index in [-0.39, 0.29) is 17.6 Å². The van der Waals surface area contributed by atoms with Crippen LogP contribution < -0.4 is 11.1 Å². The molecule has 150 valence electrons. The predicted molar refractivity (Wildman–Crippen MR) is 110 cm³/mol. The number of piperidine rings is 1. The zero-order valence-electron chi connectivity index (χ0n) is 16.1. The maximum atomic E-state index is 13.9. The lowest BCUT2D eigenvalue weighted by atomic mass is 9.97. The highest BCUT2D eigenvalue weighted by molar-refractivity contribution is 5.89. The van der Waals surface area contributed by atoms with Gasteiger partial charge >= 0.3 is 0 Å². The Balaban J connectivity index is 1.43. The fourth-order valence-corrected chi connectivity index (χ4v) is 3.91. The molecule has 0 bridgehead atoms. The van der Waals surface area contributed by atoms with Crippen molar-refractivity contribution in [3.05, 3.63) is 65.7 Å². The van der Waals surface area contributed by atoms with E-state index in [9.17, 15) is 9.18 Å². The highest BCUT2D eigenvalue weighted by Crippen LogP contribution is 2.22. The number of halogens is 1. The summed E-state index contributed by atoms with van der Waals surface area (Å²) in [6.45, 7) is 3.06. The first-order chi connectivity index (χ1) is 14.1. The maximum absolute atomic E-state index is 13.9. The molecule has 7 heteroatoms. The second-order valence-electron chi connectivity index (χ2n) is 7.51. The van der Waals surface area contributed by atoms with Gasteiger partial charge in [-0.25, -0.2) is 14.4 Å². The number of carbonyl (C=O) groups is 1. The largest absolute Gasteiger partial charge is 0.369 e. The number of nitrogens with two attached hydrogens (primary N) is 1. The summed E-state index contributed by atoms with van der Waals surface area (Å²) in [5, 5.41) is 3.95. The SMILES string of the molecule is NC(=O)[C@@H]1CCCN(Cc2cccc(CNc3ncnc4c(F)cccc34)c2)C1. The summed E-state index contributed by atoms with van der Waals surface area (Å²) in [5.74, 6) is -0.00724. The number of hydrogen-bond donors (Lipinski definition) is 2. The average molecular weight is 393 g/mol. The Kier molecular flexibility index (Phi) is 5.67. The fourth-order valence-electron chi connectivity index (χ4n) is 3.91. The number of likely N-dealkylation sites (tertiary alicyclic amines) is 1. The van der Waals surface area contributed by atoms with E-state index in [1.165, 1.54) is 18.0 Å². The molecule has 2 heterocycles. The van der Waals surface area contributed by atoms with Gasteiger partial charge in [-0.15, -0.1) is 0 Å². The fraction of sp³-hybridized carbons (Fsp3) is 0.318. The van der Waals surface area contributed by atoms with E-state index in [1.807, 2.05) is 18.2 Å². The maximum Gasteiger partial charge on any atom is 0.221 e. The van der Waals surface area contributed by atoms with Crippen molar-refractivity contribution >= 4 is 22.6 Å². The van der Waals surface area contributed by atoms with Crippen LogP contribution in [0.4, 0.5) is 10.2 Å². The summed E-state index contributed by atoms with van der Waals surface area (Å²) in [4.78, 5) is 22.1. The number of aromatic nitrogens is 2. The van der Waals surface area contributed by atoms with Crippen molar-refractivity contribution in [3.63, 3.8) is 0 Å². The van der Waals surface area contributed by atoms with Gasteiger partial charge in [-0.1, -0.05) is 30.3 Å². The summed E-state index contributed by atoms with van der Waals surface area (Å²) < 4.78 is 13.9.